The topological polar surface area (TPSA) is 86.8 Å². The van der Waals surface area contributed by atoms with Gasteiger partial charge in [0.1, 0.15) is 12.6 Å². The van der Waals surface area contributed by atoms with Gasteiger partial charge in [0.15, 0.2) is 0 Å². The number of nitrogens with one attached hydrogen (secondary N) is 1. The molecule has 7 nitrogen and oxygen atoms in total. The normalized spacial score (nSPS) is 15.2. The van der Waals surface area contributed by atoms with Gasteiger partial charge in [-0.15, -0.1) is 0 Å². The lowest BCUT2D eigenvalue weighted by Gasteiger charge is -2.33. The maximum Gasteiger partial charge on any atom is 0.244 e. The highest BCUT2D eigenvalue weighted by Crippen LogP contribution is 2.26. The van der Waals surface area contributed by atoms with Crippen LogP contribution in [0.25, 0.3) is 0 Å². The monoisotopic (exact) mass is 581 g/mol. The quantitative estimate of drug-likeness (QED) is 0.387. The van der Waals surface area contributed by atoms with Gasteiger partial charge in [0.2, 0.25) is 21.8 Å². The average molecular weight is 583 g/mol. The standard InChI is InChI=1S/C28H37Cl2N3O4S/c1-19(2)22-11-13-24(14-12-22)33(38(4,36)37)18-27(34)32(17-21-10-15-25(29)26(30)16-21)20(3)28(35)31-23-8-6-5-7-9-23/h10-16,19-20,23H,5-9,17-18H2,1-4H3,(H,31,35)/t20-/m0/s1. The molecule has 0 heterocycles. The Labute approximate surface area is 236 Å². The zero-order chi connectivity index (χ0) is 28.0. The fourth-order valence-corrected chi connectivity index (χ4v) is 5.80. The first-order valence-corrected chi connectivity index (χ1v) is 15.6. The molecule has 0 aromatic heterocycles. The maximum atomic E-state index is 13.7. The van der Waals surface area contributed by atoms with Crippen LogP contribution in [-0.4, -0.2) is 50.0 Å². The van der Waals surface area contributed by atoms with Gasteiger partial charge < -0.3 is 10.2 Å². The molecule has 1 aliphatic carbocycles. The van der Waals surface area contributed by atoms with E-state index in [1.807, 2.05) is 26.0 Å². The van der Waals surface area contributed by atoms with Crippen LogP contribution in [-0.2, 0) is 26.2 Å². The Hall–Kier alpha value is -2.29. The Morgan fingerprint density at radius 1 is 0.974 bits per heavy atom. The molecule has 0 unspecified atom stereocenters. The van der Waals surface area contributed by atoms with E-state index in [-0.39, 0.29) is 24.4 Å². The van der Waals surface area contributed by atoms with E-state index in [2.05, 4.69) is 5.32 Å². The third-order valence-electron chi connectivity index (χ3n) is 6.98. The molecule has 1 atom stereocenters. The molecule has 0 aliphatic heterocycles. The average Bonchev–Trinajstić information content (AvgIpc) is 2.87. The number of hydrogen-bond acceptors (Lipinski definition) is 4. The van der Waals surface area contributed by atoms with Crippen molar-refractivity contribution in [3.05, 3.63) is 63.6 Å². The highest BCUT2D eigenvalue weighted by atomic mass is 35.5. The molecule has 2 aromatic carbocycles. The summed E-state index contributed by atoms with van der Waals surface area (Å²) in [5.74, 6) is -0.485. The summed E-state index contributed by atoms with van der Waals surface area (Å²) in [5, 5.41) is 3.79. The van der Waals surface area contributed by atoms with Crippen LogP contribution in [0, 0.1) is 0 Å². The molecule has 208 valence electrons. The van der Waals surface area contributed by atoms with E-state index < -0.39 is 28.5 Å². The van der Waals surface area contributed by atoms with Crippen LogP contribution in [0.15, 0.2) is 42.5 Å². The predicted octanol–water partition coefficient (Wildman–Crippen LogP) is 5.75. The van der Waals surface area contributed by atoms with E-state index >= 15 is 0 Å². The Balaban J connectivity index is 1.88. The summed E-state index contributed by atoms with van der Waals surface area (Å²) < 4.78 is 26.6. The smallest absolute Gasteiger partial charge is 0.244 e. The fraction of sp³-hybridized carbons (Fsp3) is 0.500. The molecule has 0 radical (unpaired) electrons. The van der Waals surface area contributed by atoms with Crippen molar-refractivity contribution in [2.45, 2.75) is 77.4 Å². The second-order valence-electron chi connectivity index (χ2n) is 10.3. The molecule has 3 rings (SSSR count). The maximum absolute atomic E-state index is 13.7. The molecule has 0 saturated heterocycles. The summed E-state index contributed by atoms with van der Waals surface area (Å²) in [6.45, 7) is 5.39. The molecule has 38 heavy (non-hydrogen) atoms. The number of carbonyl (C=O) groups is 2. The lowest BCUT2D eigenvalue weighted by molar-refractivity contribution is -0.139. The van der Waals surface area contributed by atoms with Gasteiger partial charge in [-0.3, -0.25) is 13.9 Å². The number of halogens is 2. The van der Waals surface area contributed by atoms with Crippen LogP contribution in [0.2, 0.25) is 10.0 Å². The molecular weight excluding hydrogens is 545 g/mol. The summed E-state index contributed by atoms with van der Waals surface area (Å²) in [7, 11) is -3.79. The number of carbonyl (C=O) groups excluding carboxylic acids is 2. The van der Waals surface area contributed by atoms with Crippen molar-refractivity contribution in [1.82, 2.24) is 10.2 Å². The fourth-order valence-electron chi connectivity index (χ4n) is 4.63. The van der Waals surface area contributed by atoms with Crippen molar-refractivity contribution >= 4 is 50.7 Å². The van der Waals surface area contributed by atoms with Crippen LogP contribution in [0.5, 0.6) is 0 Å². The number of sulfonamides is 1. The molecule has 0 bridgehead atoms. The van der Waals surface area contributed by atoms with Gasteiger partial charge in [-0.1, -0.05) is 74.5 Å². The molecule has 1 aliphatic rings. The Morgan fingerprint density at radius 3 is 2.16 bits per heavy atom. The zero-order valence-electron chi connectivity index (χ0n) is 22.4. The molecule has 1 fully saturated rings. The molecule has 2 aromatic rings. The van der Waals surface area contributed by atoms with Crippen molar-refractivity contribution in [3.63, 3.8) is 0 Å². The number of rotatable bonds is 10. The second kappa shape index (κ2) is 13.2. The lowest BCUT2D eigenvalue weighted by Crippen LogP contribution is -2.52. The van der Waals surface area contributed by atoms with Crippen LogP contribution in [0.3, 0.4) is 0 Å². The summed E-state index contributed by atoms with van der Waals surface area (Å²) in [4.78, 5) is 28.4. The molecule has 10 heteroatoms. The zero-order valence-corrected chi connectivity index (χ0v) is 24.7. The molecule has 1 N–H and O–H groups in total. The Bertz CT molecular complexity index is 1230. The number of hydrogen-bond donors (Lipinski definition) is 1. The van der Waals surface area contributed by atoms with Crippen molar-refractivity contribution in [2.24, 2.45) is 0 Å². The van der Waals surface area contributed by atoms with E-state index in [4.69, 9.17) is 23.2 Å². The minimum absolute atomic E-state index is 0.0683. The molecule has 0 spiro atoms. The van der Waals surface area contributed by atoms with Crippen LogP contribution >= 0.6 is 23.2 Å². The van der Waals surface area contributed by atoms with Crippen molar-refractivity contribution < 1.29 is 18.0 Å². The second-order valence-corrected chi connectivity index (χ2v) is 13.0. The first-order valence-electron chi connectivity index (χ1n) is 13.0. The number of nitrogens with zero attached hydrogens (tertiary/aromatic N) is 2. The largest absolute Gasteiger partial charge is 0.352 e. The summed E-state index contributed by atoms with van der Waals surface area (Å²) in [5.41, 5.74) is 2.12. The summed E-state index contributed by atoms with van der Waals surface area (Å²) in [6.07, 6.45) is 6.16. The number of benzene rings is 2. The van der Waals surface area contributed by atoms with Crippen molar-refractivity contribution in [3.8, 4) is 0 Å². The first kappa shape index (κ1) is 30.3. The summed E-state index contributed by atoms with van der Waals surface area (Å²) >= 11 is 12.3. The first-order chi connectivity index (χ1) is 17.9. The van der Waals surface area contributed by atoms with Crippen molar-refractivity contribution in [1.29, 1.82) is 0 Å². The number of anilines is 1. The van der Waals surface area contributed by atoms with E-state index in [1.165, 1.54) is 4.90 Å². The van der Waals surface area contributed by atoms with Gasteiger partial charge in [-0.25, -0.2) is 8.42 Å². The van der Waals surface area contributed by atoms with Gasteiger partial charge in [-0.2, -0.15) is 0 Å². The van der Waals surface area contributed by atoms with Gasteiger partial charge in [0.05, 0.1) is 22.0 Å². The predicted molar refractivity (Wildman–Crippen MR) is 154 cm³/mol. The Morgan fingerprint density at radius 2 is 1.61 bits per heavy atom. The van der Waals surface area contributed by atoms with Gasteiger partial charge in [0, 0.05) is 12.6 Å². The minimum Gasteiger partial charge on any atom is -0.352 e. The van der Waals surface area contributed by atoms with Gasteiger partial charge in [0.25, 0.3) is 0 Å². The van der Waals surface area contributed by atoms with E-state index in [9.17, 15) is 18.0 Å². The Kier molecular flexibility index (Phi) is 10.5. The molecule has 1 saturated carbocycles. The van der Waals surface area contributed by atoms with Gasteiger partial charge in [-0.05, 0) is 61.1 Å². The minimum atomic E-state index is -3.79. The van der Waals surface area contributed by atoms with E-state index in [1.54, 1.807) is 37.3 Å². The molecular formula is C28H37Cl2N3O4S. The van der Waals surface area contributed by atoms with E-state index in [0.717, 1.165) is 48.2 Å². The van der Waals surface area contributed by atoms with Crippen molar-refractivity contribution in [2.75, 3.05) is 17.1 Å². The van der Waals surface area contributed by atoms with Gasteiger partial charge >= 0.3 is 0 Å². The highest BCUT2D eigenvalue weighted by molar-refractivity contribution is 7.92. The third-order valence-corrected chi connectivity index (χ3v) is 8.86. The van der Waals surface area contributed by atoms with Crippen LogP contribution in [0.4, 0.5) is 5.69 Å². The third kappa shape index (κ3) is 8.10. The van der Waals surface area contributed by atoms with Crippen LogP contribution in [0.1, 0.15) is 69.9 Å². The highest BCUT2D eigenvalue weighted by Gasteiger charge is 2.31. The molecule has 2 amide bonds. The van der Waals surface area contributed by atoms with E-state index in [0.29, 0.717) is 21.3 Å². The summed E-state index contributed by atoms with van der Waals surface area (Å²) in [6, 6.07) is 11.4. The number of amides is 2. The lowest BCUT2D eigenvalue weighted by atomic mass is 9.95. The SMILES string of the molecule is CC(C)c1ccc(N(CC(=O)N(Cc2ccc(Cl)c(Cl)c2)[C@@H](C)C(=O)NC2CCCCC2)S(C)(=O)=O)cc1. The van der Waals surface area contributed by atoms with Crippen LogP contribution < -0.4 is 9.62 Å².